The average molecular weight is 803 g/mol. The van der Waals surface area contributed by atoms with Crippen molar-refractivity contribution in [3.05, 3.63) is 309 Å². The smallest absolute Gasteiger partial charge is 0.119 e. The van der Waals surface area contributed by atoms with Gasteiger partial charge in [0, 0.05) is 23.7 Å². The lowest BCUT2D eigenvalue weighted by molar-refractivity contribution is 0.414. The summed E-state index contributed by atoms with van der Waals surface area (Å²) in [6.45, 7) is 0. The van der Waals surface area contributed by atoms with Crippen LogP contribution in [0.25, 0.3) is 0 Å². The molecule has 0 heterocycles. The van der Waals surface area contributed by atoms with E-state index in [0.29, 0.717) is 0 Å². The zero-order valence-corrected chi connectivity index (χ0v) is 35.2. The van der Waals surface area contributed by atoms with Gasteiger partial charge in [-0.05, 0) is 91.0 Å². The number of methoxy groups -OCH3 is 2. The average Bonchev–Trinajstić information content (AvgIpc) is 3.35. The maximum Gasteiger partial charge on any atom is 0.119 e. The van der Waals surface area contributed by atoms with Crippen molar-refractivity contribution in [2.24, 2.45) is 0 Å². The minimum atomic E-state index is -0.00182. The van der Waals surface area contributed by atoms with E-state index in [9.17, 15) is 0 Å². The molecule has 62 heavy (non-hydrogen) atoms. The first-order valence-electron chi connectivity index (χ1n) is 21.4. The largest absolute Gasteiger partial charge is 0.497 e. The third-order valence-electron chi connectivity index (χ3n) is 12.2. The van der Waals surface area contributed by atoms with E-state index >= 15 is 0 Å². The van der Waals surface area contributed by atoms with Crippen molar-refractivity contribution in [3.8, 4) is 11.5 Å². The van der Waals surface area contributed by atoms with Crippen LogP contribution in [0.4, 0.5) is 0 Å². The topological polar surface area (TPSA) is 18.5 Å². The highest BCUT2D eigenvalue weighted by Gasteiger charge is 2.24. The van der Waals surface area contributed by atoms with Gasteiger partial charge in [0.25, 0.3) is 0 Å². The van der Waals surface area contributed by atoms with Crippen LogP contribution in [0, 0.1) is 0 Å². The van der Waals surface area contributed by atoms with E-state index in [1.807, 2.05) is 12.1 Å². The number of hydrogen-bond donors (Lipinski definition) is 0. The highest BCUT2D eigenvalue weighted by atomic mass is 16.5. The molecular weight excluding hydrogens is 753 g/mol. The number of benzene rings is 9. The molecule has 9 aromatic rings. The summed E-state index contributed by atoms with van der Waals surface area (Å²) >= 11 is 0. The van der Waals surface area contributed by atoms with Gasteiger partial charge < -0.3 is 9.47 Å². The summed E-state index contributed by atoms with van der Waals surface area (Å²) in [5.41, 5.74) is 14.9. The Labute approximate surface area is 366 Å². The second-order valence-corrected chi connectivity index (χ2v) is 15.9. The van der Waals surface area contributed by atoms with E-state index in [4.69, 9.17) is 9.47 Å². The van der Waals surface area contributed by atoms with Crippen LogP contribution in [0.2, 0.25) is 0 Å². The van der Waals surface area contributed by atoms with Crippen LogP contribution in [0.5, 0.6) is 11.5 Å². The third-order valence-corrected chi connectivity index (χ3v) is 12.2. The Morgan fingerprint density at radius 2 is 0.403 bits per heavy atom. The molecule has 0 aliphatic rings. The van der Waals surface area contributed by atoms with E-state index in [-0.39, 0.29) is 23.7 Å². The van der Waals surface area contributed by atoms with Gasteiger partial charge in [0.15, 0.2) is 0 Å². The summed E-state index contributed by atoms with van der Waals surface area (Å²) < 4.78 is 11.4. The van der Waals surface area contributed by atoms with Crippen molar-refractivity contribution < 1.29 is 9.47 Å². The number of ether oxygens (including phenoxy) is 2. The summed E-state index contributed by atoms with van der Waals surface area (Å²) in [6, 6.07) is 88.0. The first-order valence-corrected chi connectivity index (χ1v) is 21.4. The fourth-order valence-electron chi connectivity index (χ4n) is 9.18. The van der Waals surface area contributed by atoms with Crippen LogP contribution in [0.3, 0.4) is 0 Å². The van der Waals surface area contributed by atoms with Gasteiger partial charge >= 0.3 is 0 Å². The van der Waals surface area contributed by atoms with Crippen molar-refractivity contribution in [3.63, 3.8) is 0 Å². The van der Waals surface area contributed by atoms with Crippen LogP contribution in [0.1, 0.15) is 90.4 Å². The molecule has 0 radical (unpaired) electrons. The molecule has 2 nitrogen and oxygen atoms in total. The molecule has 2 atom stereocenters. The predicted molar refractivity (Wildman–Crippen MR) is 255 cm³/mol. The first-order chi connectivity index (χ1) is 30.7. The zero-order valence-electron chi connectivity index (χ0n) is 35.2. The van der Waals surface area contributed by atoms with Gasteiger partial charge in [-0.15, -0.1) is 0 Å². The molecule has 2 heteroatoms. The number of rotatable bonds is 14. The molecule has 0 saturated carbocycles. The highest BCUT2D eigenvalue weighted by Crippen LogP contribution is 2.40. The lowest BCUT2D eigenvalue weighted by Gasteiger charge is -2.24. The summed E-state index contributed by atoms with van der Waals surface area (Å²) in [4.78, 5) is 0. The molecule has 0 aliphatic carbocycles. The molecule has 2 unspecified atom stereocenters. The first kappa shape index (κ1) is 40.0. The molecular formula is C60H50O2. The van der Waals surface area contributed by atoms with Gasteiger partial charge in [-0.1, -0.05) is 218 Å². The number of hydrogen-bond acceptors (Lipinski definition) is 2. The Bertz CT molecular complexity index is 2610. The molecule has 0 fully saturated rings. The third kappa shape index (κ3) is 8.73. The second-order valence-electron chi connectivity index (χ2n) is 15.9. The van der Waals surface area contributed by atoms with Crippen LogP contribution in [-0.2, 0) is 0 Å². The summed E-state index contributed by atoms with van der Waals surface area (Å²) in [5, 5.41) is 0. The van der Waals surface area contributed by atoms with Crippen molar-refractivity contribution >= 4 is 0 Å². The summed E-state index contributed by atoms with van der Waals surface area (Å²) in [5.74, 6) is 1.94. The maximum absolute atomic E-state index is 5.68. The van der Waals surface area contributed by atoms with E-state index in [2.05, 4.69) is 231 Å². The predicted octanol–water partition coefficient (Wildman–Crippen LogP) is 14.4. The van der Waals surface area contributed by atoms with E-state index in [0.717, 1.165) is 11.5 Å². The normalized spacial score (nSPS) is 12.6. The molecule has 9 rings (SSSR count). The molecule has 9 aromatic carbocycles. The molecule has 0 N–H and O–H groups in total. The molecule has 302 valence electrons. The zero-order chi connectivity index (χ0) is 42.1. The Morgan fingerprint density at radius 1 is 0.210 bits per heavy atom. The Balaban J connectivity index is 1.14. The van der Waals surface area contributed by atoms with Gasteiger partial charge in [-0.25, -0.2) is 0 Å². The van der Waals surface area contributed by atoms with Crippen molar-refractivity contribution in [1.29, 1.82) is 0 Å². The summed E-state index contributed by atoms with van der Waals surface area (Å²) in [6.07, 6.45) is 0. The lowest BCUT2D eigenvalue weighted by atomic mass is 9.79. The van der Waals surface area contributed by atoms with E-state index in [1.54, 1.807) is 14.2 Å². The molecule has 0 saturated heterocycles. The van der Waals surface area contributed by atoms with Gasteiger partial charge in [-0.2, -0.15) is 0 Å². The van der Waals surface area contributed by atoms with Gasteiger partial charge in [0.1, 0.15) is 11.5 Å². The van der Waals surface area contributed by atoms with Gasteiger partial charge in [0.05, 0.1) is 14.2 Å². The monoisotopic (exact) mass is 802 g/mol. The minimum Gasteiger partial charge on any atom is -0.497 e. The summed E-state index contributed by atoms with van der Waals surface area (Å²) in [7, 11) is 3.46. The Morgan fingerprint density at radius 3 is 0.629 bits per heavy atom. The molecule has 0 aromatic heterocycles. The molecule has 0 amide bonds. The molecule has 0 aliphatic heterocycles. The van der Waals surface area contributed by atoms with Crippen LogP contribution >= 0.6 is 0 Å². The molecule has 0 spiro atoms. The highest BCUT2D eigenvalue weighted by molar-refractivity contribution is 5.53. The Kier molecular flexibility index (Phi) is 12.2. The second kappa shape index (κ2) is 18.9. The Hall–Kier alpha value is -7.42. The SMILES string of the molecule is COc1cccc(C(c2ccccc2)c2ccc(C(c3ccc(C(c4ccccc4)c4ccccc4)cc3)c3ccc(C(c4ccccc4)c4cccc(OC)c4)cc3)cc2)c1. The standard InChI is InChI=1S/C60H50O2/c1-61-55-27-15-25-53(41-55)59(45-21-11-5-12-22-45)51-37-33-49(34-38-51)58(48-31-29-47(30-32-48)57(43-17-7-3-8-18-43)44-19-9-4-10-20-44)50-35-39-52(40-36-50)60(46-23-13-6-14-24-46)54-26-16-28-56(42-54)62-2/h3-42,57-60H,1-2H3. The van der Waals surface area contributed by atoms with Crippen molar-refractivity contribution in [1.82, 2.24) is 0 Å². The van der Waals surface area contributed by atoms with Crippen LogP contribution < -0.4 is 9.47 Å². The quantitative estimate of drug-likeness (QED) is 0.102. The maximum atomic E-state index is 5.68. The van der Waals surface area contributed by atoms with E-state index < -0.39 is 0 Å². The molecule has 0 bridgehead atoms. The fourth-order valence-corrected chi connectivity index (χ4v) is 9.18. The minimum absolute atomic E-state index is 0.00182. The van der Waals surface area contributed by atoms with E-state index in [1.165, 1.54) is 66.8 Å². The van der Waals surface area contributed by atoms with Gasteiger partial charge in [0.2, 0.25) is 0 Å². The van der Waals surface area contributed by atoms with Gasteiger partial charge in [-0.3, -0.25) is 0 Å². The fraction of sp³-hybridized carbons (Fsp3) is 0.100. The van der Waals surface area contributed by atoms with Crippen LogP contribution in [0.15, 0.2) is 243 Å². The lowest BCUT2D eigenvalue weighted by Crippen LogP contribution is -2.08. The van der Waals surface area contributed by atoms with Crippen molar-refractivity contribution in [2.75, 3.05) is 14.2 Å². The van der Waals surface area contributed by atoms with Crippen molar-refractivity contribution in [2.45, 2.75) is 23.7 Å². The van der Waals surface area contributed by atoms with Crippen LogP contribution in [-0.4, -0.2) is 14.2 Å².